The predicted octanol–water partition coefficient (Wildman–Crippen LogP) is 1.41. The number of nitrogens with zero attached hydrogens (tertiary/aromatic N) is 1. The Hall–Kier alpha value is -1.09. The maximum atomic E-state index is 11.0. The first kappa shape index (κ1) is 9.46. The van der Waals surface area contributed by atoms with Crippen LogP contribution in [0.4, 0.5) is 0 Å². The minimum atomic E-state index is 0.148. The standard InChI is InChI=1S/C10H11ClN2O/c11-9-4-7(1-2-12-9)3-8-5-10(14)13-6-8/h1-2,4,8H,3,5-6H2,(H,13,14). The van der Waals surface area contributed by atoms with Gasteiger partial charge in [-0.25, -0.2) is 4.98 Å². The van der Waals surface area contributed by atoms with E-state index in [1.165, 1.54) is 0 Å². The second-order valence-electron chi connectivity index (χ2n) is 3.57. The summed E-state index contributed by atoms with van der Waals surface area (Å²) < 4.78 is 0. The molecule has 2 rings (SSSR count). The number of nitrogens with one attached hydrogen (secondary N) is 1. The van der Waals surface area contributed by atoms with Crippen LogP contribution in [0.5, 0.6) is 0 Å². The maximum absolute atomic E-state index is 11.0. The summed E-state index contributed by atoms with van der Waals surface area (Å²) in [5.74, 6) is 0.552. The number of carbonyl (C=O) groups excluding carboxylic acids is 1. The molecule has 0 spiro atoms. The van der Waals surface area contributed by atoms with E-state index in [1.807, 2.05) is 12.1 Å². The highest BCUT2D eigenvalue weighted by molar-refractivity contribution is 6.29. The number of hydrogen-bond donors (Lipinski definition) is 1. The molecule has 1 unspecified atom stereocenters. The molecule has 0 radical (unpaired) electrons. The lowest BCUT2D eigenvalue weighted by Gasteiger charge is -2.06. The van der Waals surface area contributed by atoms with Crippen LogP contribution in [0.1, 0.15) is 12.0 Å². The van der Waals surface area contributed by atoms with Crippen molar-refractivity contribution in [3.05, 3.63) is 29.0 Å². The third-order valence-electron chi connectivity index (χ3n) is 2.38. The van der Waals surface area contributed by atoms with E-state index < -0.39 is 0 Å². The number of pyridine rings is 1. The van der Waals surface area contributed by atoms with Gasteiger partial charge in [-0.1, -0.05) is 11.6 Å². The number of hydrogen-bond acceptors (Lipinski definition) is 2. The minimum absolute atomic E-state index is 0.148. The molecule has 0 aromatic carbocycles. The van der Waals surface area contributed by atoms with Crippen LogP contribution >= 0.6 is 11.6 Å². The van der Waals surface area contributed by atoms with Crippen molar-refractivity contribution in [3.63, 3.8) is 0 Å². The fourth-order valence-corrected chi connectivity index (χ4v) is 1.91. The van der Waals surface area contributed by atoms with Gasteiger partial charge in [0.05, 0.1) is 0 Å². The van der Waals surface area contributed by atoms with Crippen molar-refractivity contribution in [2.75, 3.05) is 6.54 Å². The van der Waals surface area contributed by atoms with Gasteiger partial charge in [-0.3, -0.25) is 4.79 Å². The first-order chi connectivity index (χ1) is 6.74. The fourth-order valence-electron chi connectivity index (χ4n) is 1.71. The van der Waals surface area contributed by atoms with Crippen molar-refractivity contribution in [1.82, 2.24) is 10.3 Å². The minimum Gasteiger partial charge on any atom is -0.356 e. The average molecular weight is 211 g/mol. The molecule has 1 fully saturated rings. The Morgan fingerprint density at radius 3 is 3.14 bits per heavy atom. The molecule has 74 valence electrons. The highest BCUT2D eigenvalue weighted by atomic mass is 35.5. The van der Waals surface area contributed by atoms with Crippen LogP contribution in [0, 0.1) is 5.92 Å². The average Bonchev–Trinajstić information content (AvgIpc) is 2.51. The topological polar surface area (TPSA) is 42.0 Å². The van der Waals surface area contributed by atoms with Crippen LogP contribution in [0.2, 0.25) is 5.15 Å². The molecule has 1 N–H and O–H groups in total. The Morgan fingerprint density at radius 2 is 2.50 bits per heavy atom. The molecular formula is C10H11ClN2O. The third-order valence-corrected chi connectivity index (χ3v) is 2.58. The number of aromatic nitrogens is 1. The summed E-state index contributed by atoms with van der Waals surface area (Å²) in [5.41, 5.74) is 1.14. The number of halogens is 1. The van der Waals surface area contributed by atoms with Crippen LogP contribution in [0.15, 0.2) is 18.3 Å². The van der Waals surface area contributed by atoms with E-state index in [2.05, 4.69) is 10.3 Å². The zero-order valence-corrected chi connectivity index (χ0v) is 8.42. The Labute approximate surface area is 87.5 Å². The van der Waals surface area contributed by atoms with E-state index in [0.717, 1.165) is 18.5 Å². The summed E-state index contributed by atoms with van der Waals surface area (Å²) in [7, 11) is 0. The van der Waals surface area contributed by atoms with E-state index in [9.17, 15) is 4.79 Å². The summed E-state index contributed by atoms with van der Waals surface area (Å²) in [6.07, 6.45) is 3.21. The Kier molecular flexibility index (Phi) is 2.68. The molecule has 1 atom stereocenters. The van der Waals surface area contributed by atoms with Gasteiger partial charge in [0.2, 0.25) is 5.91 Å². The van der Waals surface area contributed by atoms with Crippen molar-refractivity contribution in [1.29, 1.82) is 0 Å². The maximum Gasteiger partial charge on any atom is 0.220 e. The molecule has 1 aromatic rings. The molecule has 3 nitrogen and oxygen atoms in total. The SMILES string of the molecule is O=C1CC(Cc2ccnc(Cl)c2)CN1. The van der Waals surface area contributed by atoms with Crippen LogP contribution in [-0.2, 0) is 11.2 Å². The molecule has 2 heterocycles. The van der Waals surface area contributed by atoms with Gasteiger partial charge in [0.25, 0.3) is 0 Å². The molecule has 1 amide bonds. The summed E-state index contributed by atoms with van der Waals surface area (Å²) in [5, 5.41) is 3.33. The molecule has 1 aliphatic heterocycles. The summed E-state index contributed by atoms with van der Waals surface area (Å²) in [6.45, 7) is 0.777. The van der Waals surface area contributed by atoms with Gasteiger partial charge in [-0.05, 0) is 30.0 Å². The Bertz CT molecular complexity index is 354. The molecule has 4 heteroatoms. The molecule has 1 aromatic heterocycles. The van der Waals surface area contributed by atoms with Crippen molar-refractivity contribution in [2.45, 2.75) is 12.8 Å². The highest BCUT2D eigenvalue weighted by Gasteiger charge is 2.21. The van der Waals surface area contributed by atoms with Crippen molar-refractivity contribution in [3.8, 4) is 0 Å². The van der Waals surface area contributed by atoms with Gasteiger partial charge in [0, 0.05) is 19.2 Å². The summed E-state index contributed by atoms with van der Waals surface area (Å²) in [4.78, 5) is 14.9. The molecule has 0 aliphatic carbocycles. The van der Waals surface area contributed by atoms with Gasteiger partial charge >= 0.3 is 0 Å². The van der Waals surface area contributed by atoms with E-state index in [1.54, 1.807) is 6.20 Å². The highest BCUT2D eigenvalue weighted by Crippen LogP contribution is 2.17. The predicted molar refractivity (Wildman–Crippen MR) is 54.1 cm³/mol. The lowest BCUT2D eigenvalue weighted by atomic mass is 9.99. The van der Waals surface area contributed by atoms with Gasteiger partial charge in [-0.2, -0.15) is 0 Å². The van der Waals surface area contributed by atoms with E-state index in [-0.39, 0.29) is 5.91 Å². The molecular weight excluding hydrogens is 200 g/mol. The second-order valence-corrected chi connectivity index (χ2v) is 3.95. The first-order valence-corrected chi connectivity index (χ1v) is 4.99. The van der Waals surface area contributed by atoms with Crippen molar-refractivity contribution in [2.24, 2.45) is 5.92 Å². The van der Waals surface area contributed by atoms with E-state index in [4.69, 9.17) is 11.6 Å². The molecule has 14 heavy (non-hydrogen) atoms. The van der Waals surface area contributed by atoms with Gasteiger partial charge < -0.3 is 5.32 Å². The molecule has 0 saturated carbocycles. The summed E-state index contributed by atoms with van der Waals surface area (Å²) in [6, 6.07) is 3.79. The molecule has 1 aliphatic rings. The molecule has 0 bridgehead atoms. The van der Waals surface area contributed by atoms with Crippen LogP contribution in [0.25, 0.3) is 0 Å². The van der Waals surface area contributed by atoms with Gasteiger partial charge in [-0.15, -0.1) is 0 Å². The normalized spacial score (nSPS) is 20.9. The van der Waals surface area contributed by atoms with Gasteiger partial charge in [0.15, 0.2) is 0 Å². The lowest BCUT2D eigenvalue weighted by molar-refractivity contribution is -0.119. The fraction of sp³-hybridized carbons (Fsp3) is 0.400. The van der Waals surface area contributed by atoms with E-state index >= 15 is 0 Å². The summed E-state index contributed by atoms with van der Waals surface area (Å²) >= 11 is 5.77. The van der Waals surface area contributed by atoms with Crippen LogP contribution < -0.4 is 5.32 Å². The number of amides is 1. The second kappa shape index (κ2) is 3.96. The lowest BCUT2D eigenvalue weighted by Crippen LogP contribution is -2.14. The van der Waals surface area contributed by atoms with E-state index in [0.29, 0.717) is 17.5 Å². The zero-order chi connectivity index (χ0) is 9.97. The van der Waals surface area contributed by atoms with Gasteiger partial charge in [0.1, 0.15) is 5.15 Å². The van der Waals surface area contributed by atoms with Crippen LogP contribution in [-0.4, -0.2) is 17.4 Å². The molecule has 1 saturated heterocycles. The first-order valence-electron chi connectivity index (χ1n) is 4.61. The van der Waals surface area contributed by atoms with Crippen LogP contribution in [0.3, 0.4) is 0 Å². The smallest absolute Gasteiger partial charge is 0.220 e. The van der Waals surface area contributed by atoms with Crippen molar-refractivity contribution >= 4 is 17.5 Å². The Balaban J connectivity index is 2.00. The number of carbonyl (C=O) groups is 1. The third kappa shape index (κ3) is 2.23. The monoisotopic (exact) mass is 210 g/mol. The Morgan fingerprint density at radius 1 is 1.64 bits per heavy atom. The quantitative estimate of drug-likeness (QED) is 0.751. The van der Waals surface area contributed by atoms with Crippen molar-refractivity contribution < 1.29 is 4.79 Å². The zero-order valence-electron chi connectivity index (χ0n) is 7.66. The number of rotatable bonds is 2. The largest absolute Gasteiger partial charge is 0.356 e.